The van der Waals surface area contributed by atoms with Gasteiger partial charge in [-0.25, -0.2) is 0 Å². The van der Waals surface area contributed by atoms with Crippen LogP contribution in [0.1, 0.15) is 20.8 Å². The van der Waals surface area contributed by atoms with Gasteiger partial charge in [-0.05, 0) is 32.1 Å². The van der Waals surface area contributed by atoms with E-state index in [0.29, 0.717) is 11.7 Å². The molecule has 0 aliphatic carbocycles. The summed E-state index contributed by atoms with van der Waals surface area (Å²) in [6.45, 7) is 6.44. The molecule has 0 saturated heterocycles. The summed E-state index contributed by atoms with van der Waals surface area (Å²) in [6, 6.07) is 0. The summed E-state index contributed by atoms with van der Waals surface area (Å²) in [5.41, 5.74) is 1.26. The lowest BCUT2D eigenvalue weighted by Gasteiger charge is -1.97. The van der Waals surface area contributed by atoms with Crippen LogP contribution in [0.3, 0.4) is 0 Å². The number of rotatable bonds is 2. The number of thiocarbonyl (C=S) groups is 1. The molecule has 0 aromatic heterocycles. The van der Waals surface area contributed by atoms with Crippen LogP contribution in [0.4, 0.5) is 0 Å². The molecule has 0 aromatic rings. The van der Waals surface area contributed by atoms with Crippen molar-refractivity contribution in [2.24, 2.45) is 0 Å². The summed E-state index contributed by atoms with van der Waals surface area (Å²) in [6.07, 6.45) is 2.00. The van der Waals surface area contributed by atoms with Crippen molar-refractivity contribution in [1.29, 1.82) is 0 Å². The SMILES string of the molecule is CC(=S)OCC=C(C)C. The van der Waals surface area contributed by atoms with Crippen LogP contribution in [0.5, 0.6) is 0 Å². The number of hydrogen-bond acceptors (Lipinski definition) is 2. The zero-order valence-electron chi connectivity index (χ0n) is 6.10. The fourth-order valence-electron chi connectivity index (χ4n) is 0.326. The third-order valence-electron chi connectivity index (χ3n) is 0.778. The van der Waals surface area contributed by atoms with Crippen LogP contribution < -0.4 is 0 Å². The number of hydrogen-bond donors (Lipinski definition) is 0. The molecule has 0 saturated carbocycles. The zero-order chi connectivity index (χ0) is 7.28. The second kappa shape index (κ2) is 4.50. The fourth-order valence-corrected chi connectivity index (χ4v) is 0.394. The van der Waals surface area contributed by atoms with E-state index < -0.39 is 0 Å². The molecule has 0 aliphatic rings. The molecule has 0 fully saturated rings. The van der Waals surface area contributed by atoms with Gasteiger partial charge in [-0.3, -0.25) is 0 Å². The Hall–Kier alpha value is -0.370. The molecule has 0 aliphatic heterocycles. The van der Waals surface area contributed by atoms with E-state index in [1.54, 1.807) is 6.92 Å². The Bertz CT molecular complexity index is 123. The van der Waals surface area contributed by atoms with E-state index in [-0.39, 0.29) is 0 Å². The summed E-state index contributed by atoms with van der Waals surface area (Å²) in [7, 11) is 0. The van der Waals surface area contributed by atoms with Gasteiger partial charge in [0, 0.05) is 6.92 Å². The van der Waals surface area contributed by atoms with Crippen LogP contribution in [0, 0.1) is 0 Å². The second-order valence-electron chi connectivity index (χ2n) is 2.08. The summed E-state index contributed by atoms with van der Waals surface area (Å²) in [4.78, 5) is 0. The predicted molar refractivity (Wildman–Crippen MR) is 43.7 cm³/mol. The predicted octanol–water partition coefficient (Wildman–Crippen LogP) is 2.32. The van der Waals surface area contributed by atoms with E-state index in [1.807, 2.05) is 19.9 Å². The Kier molecular flexibility index (Phi) is 4.32. The van der Waals surface area contributed by atoms with Crippen molar-refractivity contribution in [2.75, 3.05) is 6.61 Å². The lowest BCUT2D eigenvalue weighted by Crippen LogP contribution is -1.95. The molecular formula is C7H12OS. The molecular weight excluding hydrogens is 132 g/mol. The van der Waals surface area contributed by atoms with Gasteiger partial charge >= 0.3 is 0 Å². The van der Waals surface area contributed by atoms with Crippen LogP contribution >= 0.6 is 12.2 Å². The van der Waals surface area contributed by atoms with Gasteiger partial charge in [0.2, 0.25) is 0 Å². The minimum absolute atomic E-state index is 0.604. The van der Waals surface area contributed by atoms with E-state index in [1.165, 1.54) is 5.57 Å². The Morgan fingerprint density at radius 3 is 2.33 bits per heavy atom. The average molecular weight is 144 g/mol. The van der Waals surface area contributed by atoms with Gasteiger partial charge in [0.25, 0.3) is 0 Å². The Labute approximate surface area is 61.7 Å². The van der Waals surface area contributed by atoms with Gasteiger partial charge in [-0.2, -0.15) is 0 Å². The molecule has 9 heavy (non-hydrogen) atoms. The maximum absolute atomic E-state index is 5.01. The first-order chi connectivity index (χ1) is 4.13. The van der Waals surface area contributed by atoms with Gasteiger partial charge < -0.3 is 4.74 Å². The van der Waals surface area contributed by atoms with E-state index >= 15 is 0 Å². The van der Waals surface area contributed by atoms with Crippen molar-refractivity contribution >= 4 is 17.3 Å². The monoisotopic (exact) mass is 144 g/mol. The second-order valence-corrected chi connectivity index (χ2v) is 2.66. The van der Waals surface area contributed by atoms with Crippen molar-refractivity contribution in [1.82, 2.24) is 0 Å². The molecule has 1 nitrogen and oxygen atoms in total. The van der Waals surface area contributed by atoms with Gasteiger partial charge in [0.15, 0.2) is 5.05 Å². The van der Waals surface area contributed by atoms with Gasteiger partial charge in [-0.15, -0.1) is 0 Å². The molecule has 0 N–H and O–H groups in total. The minimum atomic E-state index is 0.604. The van der Waals surface area contributed by atoms with Crippen molar-refractivity contribution < 1.29 is 4.74 Å². The Morgan fingerprint density at radius 2 is 2.00 bits per heavy atom. The molecule has 0 heterocycles. The normalized spacial score (nSPS) is 8.33. The molecule has 2 heteroatoms. The smallest absolute Gasteiger partial charge is 0.157 e. The van der Waals surface area contributed by atoms with Crippen molar-refractivity contribution in [3.63, 3.8) is 0 Å². The van der Waals surface area contributed by atoms with Gasteiger partial charge in [0.05, 0.1) is 0 Å². The van der Waals surface area contributed by atoms with Crippen molar-refractivity contribution in [3.8, 4) is 0 Å². The average Bonchev–Trinajstić information content (AvgIpc) is 1.63. The Morgan fingerprint density at radius 1 is 1.44 bits per heavy atom. The zero-order valence-corrected chi connectivity index (χ0v) is 6.92. The molecule has 0 spiro atoms. The largest absolute Gasteiger partial charge is 0.483 e. The van der Waals surface area contributed by atoms with Crippen LogP contribution in [0.15, 0.2) is 11.6 Å². The van der Waals surface area contributed by atoms with Crippen LogP contribution in [-0.2, 0) is 4.74 Å². The van der Waals surface area contributed by atoms with Crippen molar-refractivity contribution in [2.45, 2.75) is 20.8 Å². The number of ether oxygens (including phenoxy) is 1. The summed E-state index contributed by atoms with van der Waals surface area (Å²) < 4.78 is 5.01. The maximum atomic E-state index is 5.01. The van der Waals surface area contributed by atoms with E-state index in [4.69, 9.17) is 17.0 Å². The molecule has 0 bridgehead atoms. The molecule has 0 atom stereocenters. The highest BCUT2D eigenvalue weighted by Gasteiger charge is 1.82. The van der Waals surface area contributed by atoms with E-state index in [0.717, 1.165) is 0 Å². The van der Waals surface area contributed by atoms with E-state index in [2.05, 4.69) is 0 Å². The topological polar surface area (TPSA) is 9.23 Å². The molecule has 0 amide bonds. The molecule has 0 aromatic carbocycles. The first-order valence-corrected chi connectivity index (χ1v) is 3.30. The fraction of sp³-hybridized carbons (Fsp3) is 0.571. The van der Waals surface area contributed by atoms with Crippen LogP contribution in [-0.4, -0.2) is 11.7 Å². The van der Waals surface area contributed by atoms with Gasteiger partial charge in [-0.1, -0.05) is 5.57 Å². The third-order valence-corrected chi connectivity index (χ3v) is 0.896. The van der Waals surface area contributed by atoms with Crippen molar-refractivity contribution in [3.05, 3.63) is 11.6 Å². The summed E-state index contributed by atoms with van der Waals surface area (Å²) >= 11 is 4.70. The van der Waals surface area contributed by atoms with E-state index in [9.17, 15) is 0 Å². The number of allylic oxidation sites excluding steroid dienone is 1. The standard InChI is InChI=1S/C7H12OS/c1-6(2)4-5-8-7(3)9/h4H,5H2,1-3H3. The highest BCUT2D eigenvalue weighted by molar-refractivity contribution is 7.80. The van der Waals surface area contributed by atoms with Crippen LogP contribution in [0.25, 0.3) is 0 Å². The van der Waals surface area contributed by atoms with Gasteiger partial charge in [0.1, 0.15) is 6.61 Å². The summed E-state index contributed by atoms with van der Waals surface area (Å²) in [5.74, 6) is 0. The third kappa shape index (κ3) is 7.63. The lowest BCUT2D eigenvalue weighted by molar-refractivity contribution is 0.356. The first-order valence-electron chi connectivity index (χ1n) is 2.89. The molecule has 52 valence electrons. The molecule has 0 rings (SSSR count). The summed E-state index contributed by atoms with van der Waals surface area (Å²) in [5, 5.41) is 0.604. The van der Waals surface area contributed by atoms with Crippen LogP contribution in [0.2, 0.25) is 0 Å². The quantitative estimate of drug-likeness (QED) is 0.434. The first kappa shape index (κ1) is 8.63. The highest BCUT2D eigenvalue weighted by Crippen LogP contribution is 1.89. The minimum Gasteiger partial charge on any atom is -0.483 e. The highest BCUT2D eigenvalue weighted by atomic mass is 32.1. The molecule has 0 radical (unpaired) electrons. The Balaban J connectivity index is 3.31. The maximum Gasteiger partial charge on any atom is 0.157 e. The molecule has 0 unspecified atom stereocenters. The lowest BCUT2D eigenvalue weighted by atomic mass is 10.3.